The first-order valence-electron chi connectivity index (χ1n) is 8.47. The van der Waals surface area contributed by atoms with E-state index < -0.39 is 0 Å². The first-order chi connectivity index (χ1) is 11.8. The number of hydrogen-bond acceptors (Lipinski definition) is 7. The lowest BCUT2D eigenvalue weighted by Gasteiger charge is -2.33. The Morgan fingerprint density at radius 2 is 2.20 bits per heavy atom. The first-order valence-corrected chi connectivity index (χ1v) is 8.47. The molecule has 2 aromatic rings. The number of amides is 1. The highest BCUT2D eigenvalue weighted by Crippen LogP contribution is 2.25. The minimum atomic E-state index is -0.336. The summed E-state index contributed by atoms with van der Waals surface area (Å²) in [5, 5.41) is 3.80. The molecule has 0 N–H and O–H groups in total. The standard InChI is InChI=1S/C17H24N4O4/c1-11-19-16(25-20-11)12-10-23-8-7-21(12)15(22)6-5-14-18-9-13(24-14)17(2,3)4/h9,12H,5-8,10H2,1-4H3. The monoisotopic (exact) mass is 348 g/mol. The van der Waals surface area contributed by atoms with Gasteiger partial charge in [0, 0.05) is 24.8 Å². The Bertz CT molecular complexity index is 731. The van der Waals surface area contributed by atoms with Crippen LogP contribution in [0.15, 0.2) is 15.1 Å². The van der Waals surface area contributed by atoms with Crippen LogP contribution in [0.25, 0.3) is 0 Å². The molecule has 1 atom stereocenters. The van der Waals surface area contributed by atoms with Gasteiger partial charge in [0.2, 0.25) is 5.91 Å². The number of aryl methyl sites for hydroxylation is 2. The summed E-state index contributed by atoms with van der Waals surface area (Å²) in [5.41, 5.74) is -0.0968. The molecule has 1 aliphatic heterocycles. The predicted octanol–water partition coefficient (Wildman–Crippen LogP) is 2.20. The Balaban J connectivity index is 1.64. The van der Waals surface area contributed by atoms with Gasteiger partial charge in [-0.3, -0.25) is 4.79 Å². The Morgan fingerprint density at radius 3 is 2.84 bits per heavy atom. The number of rotatable bonds is 4. The van der Waals surface area contributed by atoms with Gasteiger partial charge in [-0.05, 0) is 6.92 Å². The second-order valence-corrected chi connectivity index (χ2v) is 7.23. The van der Waals surface area contributed by atoms with E-state index in [0.717, 1.165) is 5.76 Å². The van der Waals surface area contributed by atoms with Crippen molar-refractivity contribution < 1.29 is 18.5 Å². The summed E-state index contributed by atoms with van der Waals surface area (Å²) >= 11 is 0. The molecule has 8 nitrogen and oxygen atoms in total. The summed E-state index contributed by atoms with van der Waals surface area (Å²) in [6.45, 7) is 9.30. The van der Waals surface area contributed by atoms with E-state index >= 15 is 0 Å². The Kier molecular flexibility index (Phi) is 4.89. The molecule has 3 rings (SSSR count). The molecule has 25 heavy (non-hydrogen) atoms. The van der Waals surface area contributed by atoms with Crippen LogP contribution in [0.5, 0.6) is 0 Å². The van der Waals surface area contributed by atoms with E-state index in [1.54, 1.807) is 18.0 Å². The van der Waals surface area contributed by atoms with E-state index in [0.29, 0.717) is 50.2 Å². The van der Waals surface area contributed by atoms with E-state index in [1.807, 2.05) is 0 Å². The molecule has 2 aromatic heterocycles. The number of aromatic nitrogens is 3. The second kappa shape index (κ2) is 6.95. The van der Waals surface area contributed by atoms with Crippen LogP contribution < -0.4 is 0 Å². The van der Waals surface area contributed by atoms with Crippen LogP contribution in [0.1, 0.15) is 56.6 Å². The molecule has 0 spiro atoms. The van der Waals surface area contributed by atoms with Crippen molar-refractivity contribution in [3.63, 3.8) is 0 Å². The van der Waals surface area contributed by atoms with Crippen molar-refractivity contribution in [2.24, 2.45) is 0 Å². The number of carbonyl (C=O) groups is 1. The Morgan fingerprint density at radius 1 is 1.40 bits per heavy atom. The van der Waals surface area contributed by atoms with Gasteiger partial charge in [0.25, 0.3) is 5.89 Å². The fraction of sp³-hybridized carbons (Fsp3) is 0.647. The summed E-state index contributed by atoms with van der Waals surface area (Å²) in [4.78, 5) is 22.9. The summed E-state index contributed by atoms with van der Waals surface area (Å²) in [6.07, 6.45) is 2.51. The molecule has 3 heterocycles. The molecule has 136 valence electrons. The van der Waals surface area contributed by atoms with Gasteiger partial charge in [-0.15, -0.1) is 0 Å². The lowest BCUT2D eigenvalue weighted by atomic mass is 9.94. The van der Waals surface area contributed by atoms with E-state index in [-0.39, 0.29) is 17.4 Å². The molecular weight excluding hydrogens is 324 g/mol. The van der Waals surface area contributed by atoms with Crippen molar-refractivity contribution in [3.8, 4) is 0 Å². The zero-order valence-electron chi connectivity index (χ0n) is 15.1. The van der Waals surface area contributed by atoms with Gasteiger partial charge < -0.3 is 18.6 Å². The topological polar surface area (TPSA) is 94.5 Å². The minimum absolute atomic E-state index is 0.000313. The predicted molar refractivity (Wildman–Crippen MR) is 87.8 cm³/mol. The van der Waals surface area contributed by atoms with Crippen LogP contribution in [-0.2, 0) is 21.4 Å². The minimum Gasteiger partial charge on any atom is -0.445 e. The van der Waals surface area contributed by atoms with E-state index in [4.69, 9.17) is 13.7 Å². The van der Waals surface area contributed by atoms with Crippen molar-refractivity contribution in [3.05, 3.63) is 29.6 Å². The number of hydrogen-bond donors (Lipinski definition) is 0. The molecule has 8 heteroatoms. The third-order valence-corrected chi connectivity index (χ3v) is 4.12. The van der Waals surface area contributed by atoms with Crippen LogP contribution in [0.3, 0.4) is 0 Å². The maximum Gasteiger partial charge on any atom is 0.251 e. The number of oxazole rings is 1. The fourth-order valence-corrected chi connectivity index (χ4v) is 2.69. The van der Waals surface area contributed by atoms with Crippen LogP contribution in [0.2, 0.25) is 0 Å². The van der Waals surface area contributed by atoms with Crippen molar-refractivity contribution >= 4 is 5.91 Å². The third-order valence-electron chi connectivity index (χ3n) is 4.12. The smallest absolute Gasteiger partial charge is 0.251 e. The third kappa shape index (κ3) is 4.07. The van der Waals surface area contributed by atoms with Crippen molar-refractivity contribution in [1.29, 1.82) is 0 Å². The van der Waals surface area contributed by atoms with Crippen LogP contribution in [0, 0.1) is 6.92 Å². The molecular formula is C17H24N4O4. The van der Waals surface area contributed by atoms with Gasteiger partial charge in [0.1, 0.15) is 11.8 Å². The molecule has 0 saturated carbocycles. The summed E-state index contributed by atoms with van der Waals surface area (Å²) in [7, 11) is 0. The van der Waals surface area contributed by atoms with Gasteiger partial charge in [0.05, 0.1) is 19.4 Å². The van der Waals surface area contributed by atoms with Gasteiger partial charge in [-0.25, -0.2) is 4.98 Å². The molecule has 0 aromatic carbocycles. The fourth-order valence-electron chi connectivity index (χ4n) is 2.69. The van der Waals surface area contributed by atoms with Crippen LogP contribution >= 0.6 is 0 Å². The van der Waals surface area contributed by atoms with E-state index in [1.165, 1.54) is 0 Å². The zero-order chi connectivity index (χ0) is 18.0. The Labute approximate surface area is 146 Å². The summed E-state index contributed by atoms with van der Waals surface area (Å²) < 4.78 is 16.5. The number of ether oxygens (including phenoxy) is 1. The molecule has 1 saturated heterocycles. The largest absolute Gasteiger partial charge is 0.445 e. The second-order valence-electron chi connectivity index (χ2n) is 7.23. The molecule has 1 aliphatic rings. The highest BCUT2D eigenvalue weighted by molar-refractivity contribution is 5.76. The summed E-state index contributed by atoms with van der Waals surface area (Å²) in [6, 6.07) is -0.336. The quantitative estimate of drug-likeness (QED) is 0.836. The van der Waals surface area contributed by atoms with Crippen LogP contribution in [-0.4, -0.2) is 45.7 Å². The first kappa shape index (κ1) is 17.6. The SMILES string of the molecule is Cc1noc(C2COCCN2C(=O)CCc2ncc(C(C)(C)C)o2)n1. The highest BCUT2D eigenvalue weighted by Gasteiger charge is 2.32. The summed E-state index contributed by atoms with van der Waals surface area (Å²) in [5.74, 6) is 2.36. The Hall–Kier alpha value is -2.22. The van der Waals surface area contributed by atoms with Crippen LogP contribution in [0.4, 0.5) is 0 Å². The van der Waals surface area contributed by atoms with E-state index in [2.05, 4.69) is 35.9 Å². The number of carbonyl (C=O) groups excluding carboxylic acids is 1. The van der Waals surface area contributed by atoms with Gasteiger partial charge >= 0.3 is 0 Å². The molecule has 1 amide bonds. The van der Waals surface area contributed by atoms with Crippen molar-refractivity contribution in [1.82, 2.24) is 20.0 Å². The van der Waals surface area contributed by atoms with Crippen molar-refractivity contribution in [2.45, 2.75) is 52.0 Å². The maximum atomic E-state index is 12.7. The lowest BCUT2D eigenvalue weighted by Crippen LogP contribution is -2.43. The zero-order valence-corrected chi connectivity index (χ0v) is 15.1. The molecule has 0 aliphatic carbocycles. The number of morpholine rings is 1. The molecule has 0 radical (unpaired) electrons. The van der Waals surface area contributed by atoms with Gasteiger partial charge in [-0.1, -0.05) is 25.9 Å². The molecule has 1 unspecified atom stereocenters. The molecule has 1 fully saturated rings. The van der Waals surface area contributed by atoms with Gasteiger partial charge in [-0.2, -0.15) is 4.98 Å². The molecule has 0 bridgehead atoms. The van der Waals surface area contributed by atoms with E-state index in [9.17, 15) is 4.79 Å². The average molecular weight is 348 g/mol. The average Bonchev–Trinajstić information content (AvgIpc) is 3.21. The normalized spacial score (nSPS) is 18.6. The number of nitrogens with zero attached hydrogens (tertiary/aromatic N) is 4. The van der Waals surface area contributed by atoms with Gasteiger partial charge in [0.15, 0.2) is 11.7 Å². The maximum absolute atomic E-state index is 12.7. The highest BCUT2D eigenvalue weighted by atomic mass is 16.5. The van der Waals surface area contributed by atoms with Crippen molar-refractivity contribution in [2.75, 3.05) is 19.8 Å². The lowest BCUT2D eigenvalue weighted by molar-refractivity contribution is -0.141.